The Bertz CT molecular complexity index is 565. The molecule has 5 heteroatoms. The van der Waals surface area contributed by atoms with E-state index >= 15 is 0 Å². The van der Waals surface area contributed by atoms with Gasteiger partial charge in [-0.1, -0.05) is 6.07 Å². The Hall–Kier alpha value is -1.08. The minimum Gasteiger partial charge on any atom is -0.399 e. The van der Waals surface area contributed by atoms with E-state index in [9.17, 15) is 4.79 Å². The minimum atomic E-state index is -0.0992. The number of aryl methyl sites for hydroxylation is 1. The SMILES string of the molecule is Cc1ccc(N)cc1NC(=O)c1csc(I)c1. The van der Waals surface area contributed by atoms with Gasteiger partial charge < -0.3 is 11.1 Å². The molecule has 2 rings (SSSR count). The molecule has 0 saturated carbocycles. The van der Waals surface area contributed by atoms with Crippen LogP contribution in [-0.4, -0.2) is 5.91 Å². The summed E-state index contributed by atoms with van der Waals surface area (Å²) < 4.78 is 1.09. The fourth-order valence-electron chi connectivity index (χ4n) is 1.40. The van der Waals surface area contributed by atoms with Gasteiger partial charge >= 0.3 is 0 Å². The molecule has 3 N–H and O–H groups in total. The highest BCUT2D eigenvalue weighted by atomic mass is 127. The second-order valence-electron chi connectivity index (χ2n) is 3.67. The summed E-state index contributed by atoms with van der Waals surface area (Å²) in [5, 5.41) is 4.71. The first-order chi connectivity index (χ1) is 8.06. The lowest BCUT2D eigenvalue weighted by Crippen LogP contribution is -2.12. The number of rotatable bonds is 2. The van der Waals surface area contributed by atoms with E-state index in [4.69, 9.17) is 5.73 Å². The maximum absolute atomic E-state index is 11.9. The molecule has 17 heavy (non-hydrogen) atoms. The quantitative estimate of drug-likeness (QED) is 0.638. The average molecular weight is 358 g/mol. The van der Waals surface area contributed by atoms with E-state index in [-0.39, 0.29) is 5.91 Å². The zero-order chi connectivity index (χ0) is 12.4. The summed E-state index contributed by atoms with van der Waals surface area (Å²) >= 11 is 3.75. The highest BCUT2D eigenvalue weighted by Crippen LogP contribution is 2.21. The first kappa shape index (κ1) is 12.4. The third kappa shape index (κ3) is 2.98. The van der Waals surface area contributed by atoms with Crippen molar-refractivity contribution in [2.24, 2.45) is 0 Å². The van der Waals surface area contributed by atoms with Gasteiger partial charge in [0.2, 0.25) is 0 Å². The van der Waals surface area contributed by atoms with Crippen molar-refractivity contribution in [3.63, 3.8) is 0 Å². The van der Waals surface area contributed by atoms with Crippen LogP contribution in [0.2, 0.25) is 0 Å². The third-order valence-corrected chi connectivity index (χ3v) is 4.13. The highest BCUT2D eigenvalue weighted by molar-refractivity contribution is 14.1. The van der Waals surface area contributed by atoms with E-state index in [0.717, 1.165) is 14.1 Å². The van der Waals surface area contributed by atoms with Crippen molar-refractivity contribution in [2.45, 2.75) is 6.92 Å². The summed E-state index contributed by atoms with van der Waals surface area (Å²) in [4.78, 5) is 11.9. The van der Waals surface area contributed by atoms with Crippen LogP contribution in [0.25, 0.3) is 0 Å². The van der Waals surface area contributed by atoms with Crippen molar-refractivity contribution in [3.8, 4) is 0 Å². The monoisotopic (exact) mass is 358 g/mol. The number of hydrogen-bond acceptors (Lipinski definition) is 3. The Kier molecular flexibility index (Phi) is 3.68. The molecule has 1 heterocycles. The first-order valence-corrected chi connectivity index (χ1v) is 6.93. The second kappa shape index (κ2) is 5.05. The fraction of sp³-hybridized carbons (Fsp3) is 0.0833. The van der Waals surface area contributed by atoms with Gasteiger partial charge in [-0.15, -0.1) is 11.3 Å². The van der Waals surface area contributed by atoms with Crippen molar-refractivity contribution >= 4 is 51.2 Å². The average Bonchev–Trinajstić information content (AvgIpc) is 2.70. The Morgan fingerprint density at radius 3 is 2.82 bits per heavy atom. The lowest BCUT2D eigenvalue weighted by atomic mass is 10.1. The van der Waals surface area contributed by atoms with E-state index in [2.05, 4.69) is 27.9 Å². The van der Waals surface area contributed by atoms with Crippen LogP contribution in [0.1, 0.15) is 15.9 Å². The van der Waals surface area contributed by atoms with Crippen molar-refractivity contribution in [1.29, 1.82) is 0 Å². The molecular formula is C12H11IN2OS. The summed E-state index contributed by atoms with van der Waals surface area (Å²) in [6.45, 7) is 1.94. The summed E-state index contributed by atoms with van der Waals surface area (Å²) in [6.07, 6.45) is 0. The van der Waals surface area contributed by atoms with E-state index < -0.39 is 0 Å². The van der Waals surface area contributed by atoms with E-state index in [0.29, 0.717) is 11.3 Å². The minimum absolute atomic E-state index is 0.0992. The van der Waals surface area contributed by atoms with Crippen molar-refractivity contribution < 1.29 is 4.79 Å². The summed E-state index contributed by atoms with van der Waals surface area (Å²) in [7, 11) is 0. The molecule has 0 atom stereocenters. The molecule has 0 bridgehead atoms. The Labute approximate surface area is 117 Å². The van der Waals surface area contributed by atoms with Crippen molar-refractivity contribution in [1.82, 2.24) is 0 Å². The second-order valence-corrected chi connectivity index (χ2v) is 6.47. The summed E-state index contributed by atoms with van der Waals surface area (Å²) in [5.74, 6) is -0.0992. The summed E-state index contributed by atoms with van der Waals surface area (Å²) in [5.41, 5.74) is 8.78. The number of thiophene rings is 1. The zero-order valence-corrected chi connectivity index (χ0v) is 12.1. The van der Waals surface area contributed by atoms with Crippen molar-refractivity contribution in [2.75, 3.05) is 11.1 Å². The van der Waals surface area contributed by atoms with Crippen LogP contribution >= 0.6 is 33.9 Å². The molecule has 1 aromatic heterocycles. The lowest BCUT2D eigenvalue weighted by molar-refractivity contribution is 0.102. The van der Waals surface area contributed by atoms with Crippen LogP contribution in [0.15, 0.2) is 29.6 Å². The van der Waals surface area contributed by atoms with Crippen LogP contribution in [0.4, 0.5) is 11.4 Å². The van der Waals surface area contributed by atoms with E-state index in [1.165, 1.54) is 0 Å². The van der Waals surface area contributed by atoms with Gasteiger partial charge in [0.05, 0.1) is 8.45 Å². The van der Waals surface area contributed by atoms with Crippen LogP contribution in [0.3, 0.4) is 0 Å². The fourth-order valence-corrected chi connectivity index (χ4v) is 2.72. The third-order valence-electron chi connectivity index (χ3n) is 2.34. The molecule has 0 aliphatic carbocycles. The number of hydrogen-bond donors (Lipinski definition) is 2. The van der Waals surface area contributed by atoms with Crippen LogP contribution < -0.4 is 11.1 Å². The molecule has 0 aliphatic rings. The Morgan fingerprint density at radius 1 is 1.41 bits per heavy atom. The molecule has 1 aromatic carbocycles. The van der Waals surface area contributed by atoms with Gasteiger partial charge in [-0.25, -0.2) is 0 Å². The molecule has 0 spiro atoms. The predicted octanol–water partition coefficient (Wildman–Crippen LogP) is 3.50. The van der Waals surface area contributed by atoms with E-state index in [1.54, 1.807) is 17.4 Å². The number of amides is 1. The highest BCUT2D eigenvalue weighted by Gasteiger charge is 2.09. The van der Waals surface area contributed by atoms with Gasteiger partial charge in [-0.3, -0.25) is 4.79 Å². The number of nitrogen functional groups attached to an aromatic ring is 1. The standard InChI is InChI=1S/C12H11IN2OS/c1-7-2-3-9(14)5-10(7)15-12(16)8-4-11(13)17-6-8/h2-6H,14H2,1H3,(H,15,16). The number of benzene rings is 1. The Morgan fingerprint density at radius 2 is 2.18 bits per heavy atom. The number of nitrogens with one attached hydrogen (secondary N) is 1. The lowest BCUT2D eigenvalue weighted by Gasteiger charge is -2.08. The van der Waals surface area contributed by atoms with E-state index in [1.807, 2.05) is 30.5 Å². The van der Waals surface area contributed by atoms with Gasteiger partial charge in [-0.05, 0) is 53.3 Å². The largest absolute Gasteiger partial charge is 0.399 e. The zero-order valence-electron chi connectivity index (χ0n) is 9.16. The van der Waals surface area contributed by atoms with Gasteiger partial charge in [0.25, 0.3) is 5.91 Å². The molecule has 2 aromatic rings. The van der Waals surface area contributed by atoms with Crippen LogP contribution in [0.5, 0.6) is 0 Å². The molecule has 0 radical (unpaired) electrons. The topological polar surface area (TPSA) is 55.1 Å². The van der Waals surface area contributed by atoms with Gasteiger partial charge in [0.15, 0.2) is 0 Å². The normalized spacial score (nSPS) is 10.2. The smallest absolute Gasteiger partial charge is 0.256 e. The first-order valence-electron chi connectivity index (χ1n) is 4.98. The summed E-state index contributed by atoms with van der Waals surface area (Å²) in [6, 6.07) is 7.34. The van der Waals surface area contributed by atoms with Gasteiger partial charge in [-0.2, -0.15) is 0 Å². The maximum atomic E-state index is 11.9. The van der Waals surface area contributed by atoms with Crippen LogP contribution in [0, 0.1) is 9.81 Å². The number of halogens is 1. The number of anilines is 2. The molecule has 3 nitrogen and oxygen atoms in total. The molecule has 0 saturated heterocycles. The predicted molar refractivity (Wildman–Crippen MR) is 80.6 cm³/mol. The van der Waals surface area contributed by atoms with Crippen LogP contribution in [-0.2, 0) is 0 Å². The molecular weight excluding hydrogens is 347 g/mol. The molecule has 1 amide bonds. The van der Waals surface area contributed by atoms with Gasteiger partial charge in [0.1, 0.15) is 0 Å². The molecule has 0 aliphatic heterocycles. The Balaban J connectivity index is 2.21. The number of nitrogens with two attached hydrogens (primary N) is 1. The molecule has 88 valence electrons. The molecule has 0 unspecified atom stereocenters. The number of carbonyl (C=O) groups excluding carboxylic acids is 1. The maximum Gasteiger partial charge on any atom is 0.256 e. The van der Waals surface area contributed by atoms with Crippen molar-refractivity contribution in [3.05, 3.63) is 43.7 Å². The van der Waals surface area contributed by atoms with Gasteiger partial charge in [0, 0.05) is 16.8 Å². The number of carbonyl (C=O) groups is 1. The molecule has 0 fully saturated rings.